The van der Waals surface area contributed by atoms with E-state index >= 15 is 0 Å². The lowest BCUT2D eigenvalue weighted by molar-refractivity contribution is -0.119. The van der Waals surface area contributed by atoms with Gasteiger partial charge in [-0.3, -0.25) is 9.79 Å². The summed E-state index contributed by atoms with van der Waals surface area (Å²) in [5.74, 6) is 1.68. The normalized spacial score (nSPS) is 28.0. The maximum Gasteiger partial charge on any atom is 0.216 e. The molecule has 0 bridgehead atoms. The third-order valence-electron chi connectivity index (χ3n) is 3.74. The average molecular weight is 235 g/mol. The fourth-order valence-electron chi connectivity index (χ4n) is 2.63. The van der Waals surface area contributed by atoms with Gasteiger partial charge in [-0.2, -0.15) is 0 Å². The molecule has 0 aliphatic carbocycles. The van der Waals surface area contributed by atoms with Crippen LogP contribution in [0.5, 0.6) is 0 Å². The fourth-order valence-corrected chi connectivity index (χ4v) is 2.63. The third kappa shape index (κ3) is 2.35. The number of nitrogens with one attached hydrogen (secondary N) is 1. The Bertz CT molecular complexity index is 397. The van der Waals surface area contributed by atoms with E-state index in [9.17, 15) is 4.79 Å². The van der Waals surface area contributed by atoms with Crippen molar-refractivity contribution in [2.45, 2.75) is 40.2 Å². The predicted molar refractivity (Wildman–Crippen MR) is 68.8 cm³/mol. The molecule has 0 unspecified atom stereocenters. The van der Waals surface area contributed by atoms with Crippen LogP contribution in [0.4, 0.5) is 0 Å². The molecule has 4 nitrogen and oxygen atoms in total. The second kappa shape index (κ2) is 4.51. The zero-order chi connectivity index (χ0) is 12.6. The smallest absolute Gasteiger partial charge is 0.216 e. The van der Waals surface area contributed by atoms with Crippen LogP contribution in [0.25, 0.3) is 0 Å². The van der Waals surface area contributed by atoms with Crippen LogP contribution < -0.4 is 5.32 Å². The van der Waals surface area contributed by atoms with Gasteiger partial charge in [0.05, 0.1) is 6.04 Å². The second-order valence-electron chi connectivity index (χ2n) is 5.10. The third-order valence-corrected chi connectivity index (χ3v) is 3.74. The number of hydrogen-bond acceptors (Lipinski definition) is 3. The summed E-state index contributed by atoms with van der Waals surface area (Å²) in [4.78, 5) is 17.9. The van der Waals surface area contributed by atoms with Crippen molar-refractivity contribution in [2.24, 2.45) is 10.9 Å². The summed E-state index contributed by atoms with van der Waals surface area (Å²) in [5, 5.41) is 2.91. The largest absolute Gasteiger partial charge is 0.356 e. The summed E-state index contributed by atoms with van der Waals surface area (Å²) < 4.78 is 0. The molecule has 0 aromatic carbocycles. The molecule has 0 radical (unpaired) electrons. The Labute approximate surface area is 103 Å². The minimum atomic E-state index is 0.0549. The molecule has 1 fully saturated rings. The molecule has 1 amide bonds. The van der Waals surface area contributed by atoms with Gasteiger partial charge >= 0.3 is 0 Å². The topological polar surface area (TPSA) is 44.7 Å². The van der Waals surface area contributed by atoms with Crippen LogP contribution >= 0.6 is 0 Å². The molecule has 1 N–H and O–H groups in total. The van der Waals surface area contributed by atoms with E-state index in [1.54, 1.807) is 6.92 Å². The zero-order valence-electron chi connectivity index (χ0n) is 11.1. The lowest BCUT2D eigenvalue weighted by Gasteiger charge is -2.28. The first kappa shape index (κ1) is 12.1. The lowest BCUT2D eigenvalue weighted by Crippen LogP contribution is -2.33. The van der Waals surface area contributed by atoms with E-state index in [2.05, 4.69) is 36.0 Å². The molecular weight excluding hydrogens is 214 g/mol. The number of amidine groups is 1. The van der Waals surface area contributed by atoms with E-state index in [4.69, 9.17) is 0 Å². The number of hydrogen-bond donors (Lipinski definition) is 1. The van der Waals surface area contributed by atoms with Crippen molar-refractivity contribution in [1.29, 1.82) is 0 Å². The molecular formula is C13H21N3O. The van der Waals surface area contributed by atoms with Crippen molar-refractivity contribution < 1.29 is 4.79 Å². The van der Waals surface area contributed by atoms with Gasteiger partial charge in [0.2, 0.25) is 5.91 Å². The minimum absolute atomic E-state index is 0.0549. The van der Waals surface area contributed by atoms with E-state index in [0.29, 0.717) is 12.0 Å². The highest BCUT2D eigenvalue weighted by Crippen LogP contribution is 2.33. The van der Waals surface area contributed by atoms with Gasteiger partial charge < -0.3 is 10.2 Å². The van der Waals surface area contributed by atoms with Crippen LogP contribution in [0.1, 0.15) is 34.1 Å². The molecule has 2 aliphatic heterocycles. The van der Waals surface area contributed by atoms with Crippen LogP contribution in [0.2, 0.25) is 0 Å². The van der Waals surface area contributed by atoms with Gasteiger partial charge in [-0.15, -0.1) is 0 Å². The van der Waals surface area contributed by atoms with Gasteiger partial charge in [-0.05, 0) is 38.7 Å². The maximum absolute atomic E-state index is 10.9. The molecule has 0 spiro atoms. The van der Waals surface area contributed by atoms with Crippen molar-refractivity contribution in [3.63, 3.8) is 0 Å². The first-order valence-electron chi connectivity index (χ1n) is 6.25. The summed E-state index contributed by atoms with van der Waals surface area (Å²) in [6, 6.07) is 0.306. The summed E-state index contributed by atoms with van der Waals surface area (Å²) in [6.45, 7) is 9.71. The van der Waals surface area contributed by atoms with Gasteiger partial charge in [-0.25, -0.2) is 0 Å². The molecule has 0 saturated carbocycles. The quantitative estimate of drug-likeness (QED) is 0.789. The van der Waals surface area contributed by atoms with Crippen LogP contribution in [-0.2, 0) is 4.79 Å². The minimum Gasteiger partial charge on any atom is -0.356 e. The molecule has 1 saturated heterocycles. The Balaban J connectivity index is 2.08. The van der Waals surface area contributed by atoms with Crippen LogP contribution in [-0.4, -0.2) is 35.8 Å². The monoisotopic (exact) mass is 235 g/mol. The van der Waals surface area contributed by atoms with Crippen molar-refractivity contribution in [2.75, 3.05) is 13.1 Å². The van der Waals surface area contributed by atoms with Gasteiger partial charge in [0, 0.05) is 25.7 Å². The summed E-state index contributed by atoms with van der Waals surface area (Å²) >= 11 is 0. The first-order chi connectivity index (χ1) is 7.99. The van der Waals surface area contributed by atoms with Crippen molar-refractivity contribution in [3.8, 4) is 0 Å². The highest BCUT2D eigenvalue weighted by atomic mass is 16.1. The standard InChI is InChI=1S/C13H21N3O/c1-8-9(2)15-10(3)16-7-12(5-13(8)16)6-14-11(4)17/h9,12H,5-7H2,1-4H3,(H,14,17)/t9-,12+/m0/s1. The first-order valence-corrected chi connectivity index (χ1v) is 6.25. The van der Waals surface area contributed by atoms with Gasteiger partial charge in [0.15, 0.2) is 0 Å². The van der Waals surface area contributed by atoms with Crippen molar-refractivity contribution in [1.82, 2.24) is 10.2 Å². The SMILES string of the molecule is CC(=O)NC[C@H]1CC2=C(C)[C@H](C)N=C(C)N2C1. The number of carbonyl (C=O) groups excluding carboxylic acids is 1. The number of rotatable bonds is 2. The number of allylic oxidation sites excluding steroid dienone is 1. The van der Waals surface area contributed by atoms with Crippen LogP contribution in [0.3, 0.4) is 0 Å². The average Bonchev–Trinajstić information content (AvgIpc) is 2.68. The van der Waals surface area contributed by atoms with Gasteiger partial charge in [0.25, 0.3) is 0 Å². The van der Waals surface area contributed by atoms with E-state index in [-0.39, 0.29) is 5.91 Å². The predicted octanol–water partition coefficient (Wildman–Crippen LogP) is 1.54. The molecule has 2 aliphatic rings. The Morgan fingerprint density at radius 3 is 2.88 bits per heavy atom. The maximum atomic E-state index is 10.9. The molecule has 4 heteroatoms. The van der Waals surface area contributed by atoms with Gasteiger partial charge in [-0.1, -0.05) is 0 Å². The Kier molecular flexibility index (Phi) is 3.22. The number of aliphatic imine (C=N–C) groups is 1. The van der Waals surface area contributed by atoms with E-state index in [1.807, 2.05) is 0 Å². The highest BCUT2D eigenvalue weighted by Gasteiger charge is 2.32. The molecule has 94 valence electrons. The Hall–Kier alpha value is -1.32. The summed E-state index contributed by atoms with van der Waals surface area (Å²) in [5.41, 5.74) is 2.79. The van der Waals surface area contributed by atoms with Crippen molar-refractivity contribution in [3.05, 3.63) is 11.3 Å². The highest BCUT2D eigenvalue weighted by molar-refractivity contribution is 5.83. The Morgan fingerprint density at radius 1 is 1.53 bits per heavy atom. The van der Waals surface area contributed by atoms with Crippen LogP contribution in [0, 0.1) is 5.92 Å². The van der Waals surface area contributed by atoms with E-state index in [1.165, 1.54) is 11.3 Å². The Morgan fingerprint density at radius 2 is 2.24 bits per heavy atom. The summed E-state index contributed by atoms with van der Waals surface area (Å²) in [7, 11) is 0. The zero-order valence-corrected chi connectivity index (χ0v) is 11.1. The molecule has 2 atom stereocenters. The number of amides is 1. The van der Waals surface area contributed by atoms with E-state index in [0.717, 1.165) is 25.3 Å². The molecule has 0 aromatic rings. The molecule has 2 heterocycles. The number of carbonyl (C=O) groups is 1. The fraction of sp³-hybridized carbons (Fsp3) is 0.692. The van der Waals surface area contributed by atoms with Gasteiger partial charge in [0.1, 0.15) is 5.84 Å². The molecule has 2 rings (SSSR count). The summed E-state index contributed by atoms with van der Waals surface area (Å²) in [6.07, 6.45) is 1.06. The van der Waals surface area contributed by atoms with Crippen LogP contribution in [0.15, 0.2) is 16.3 Å². The molecule has 17 heavy (non-hydrogen) atoms. The lowest BCUT2D eigenvalue weighted by atomic mass is 10.0. The second-order valence-corrected chi connectivity index (χ2v) is 5.10. The molecule has 0 aromatic heterocycles. The number of nitrogens with zero attached hydrogens (tertiary/aromatic N) is 2. The van der Waals surface area contributed by atoms with Crippen molar-refractivity contribution >= 4 is 11.7 Å². The number of fused-ring (bicyclic) bond motifs is 1. The van der Waals surface area contributed by atoms with E-state index < -0.39 is 0 Å².